The first kappa shape index (κ1) is 22.5. The predicted molar refractivity (Wildman–Crippen MR) is 109 cm³/mol. The average molecular weight is 450 g/mol. The van der Waals surface area contributed by atoms with E-state index in [0.29, 0.717) is 11.1 Å². The fourth-order valence-electron chi connectivity index (χ4n) is 3.99. The molecule has 5 heteroatoms. The van der Waals surface area contributed by atoms with Crippen molar-refractivity contribution in [1.29, 1.82) is 0 Å². The maximum absolute atomic E-state index is 12.8. The SMILES string of the molecule is CC.O=C1C2=CC3Nc4ccccc4C(=O)C3C=C2NC2C=CC=CC12.[CH3-].[Y]. The number of hydrogen-bond acceptors (Lipinski definition) is 4. The van der Waals surface area contributed by atoms with Crippen molar-refractivity contribution in [1.82, 2.24) is 5.32 Å². The van der Waals surface area contributed by atoms with Gasteiger partial charge in [-0.25, -0.2) is 0 Å². The molecule has 2 N–H and O–H groups in total. The molecule has 4 nitrogen and oxygen atoms in total. The van der Waals surface area contributed by atoms with Crippen molar-refractivity contribution in [3.05, 3.63) is 85.0 Å². The molecule has 0 aromatic heterocycles. The maximum Gasteiger partial charge on any atom is 0.174 e. The van der Waals surface area contributed by atoms with Gasteiger partial charge in [0.05, 0.1) is 23.9 Å². The number of Topliss-reactive ketones (excluding diaryl/α,β-unsaturated/α-hetero) is 2. The van der Waals surface area contributed by atoms with Gasteiger partial charge >= 0.3 is 0 Å². The summed E-state index contributed by atoms with van der Waals surface area (Å²) in [6, 6.07) is 7.35. The number of carbonyl (C=O) groups is 2. The Hall–Kier alpha value is -1.78. The Morgan fingerprint density at radius 1 is 0.821 bits per heavy atom. The monoisotopic (exact) mass is 450 g/mol. The van der Waals surface area contributed by atoms with Crippen molar-refractivity contribution >= 4 is 17.3 Å². The summed E-state index contributed by atoms with van der Waals surface area (Å²) in [5.74, 6) is -0.218. The van der Waals surface area contributed by atoms with Crippen LogP contribution in [0, 0.1) is 19.3 Å². The van der Waals surface area contributed by atoms with Crippen molar-refractivity contribution in [3.8, 4) is 0 Å². The zero-order valence-electron chi connectivity index (χ0n) is 16.5. The Balaban J connectivity index is 0.000000680. The number of nitrogens with one attached hydrogen (secondary N) is 2. The van der Waals surface area contributed by atoms with Crippen LogP contribution in [-0.2, 0) is 37.5 Å². The molecule has 1 fully saturated rings. The standard InChI is InChI=1S/C20H16N2O2.C2H6.CH3.Y/c23-19-11-5-1-3-7-15(11)21-17-10-14-18(9-13(17)19)22-16-8-4-2-6-12(16)20(14)24;1-2;;/h1-11,14-15,18,21-22H;1-2H3;1H3;/q;;-1;. The summed E-state index contributed by atoms with van der Waals surface area (Å²) in [6.45, 7) is 4.00. The fraction of sp³-hybridized carbons (Fsp3) is 0.261. The third-order valence-corrected chi connectivity index (χ3v) is 5.21. The Kier molecular flexibility index (Phi) is 7.36. The molecule has 1 aromatic carbocycles. The quantitative estimate of drug-likeness (QED) is 0.590. The Labute approximate surface area is 192 Å². The van der Waals surface area contributed by atoms with Gasteiger partial charge in [0.15, 0.2) is 11.6 Å². The molecule has 143 valence electrons. The van der Waals surface area contributed by atoms with E-state index in [1.54, 1.807) is 0 Å². The van der Waals surface area contributed by atoms with E-state index in [1.807, 2.05) is 74.6 Å². The number of carbonyl (C=O) groups excluding carboxylic acids is 2. The molecule has 4 unspecified atom stereocenters. The minimum absolute atomic E-state index is 0. The number of anilines is 1. The Morgan fingerprint density at radius 3 is 2.32 bits per heavy atom. The molecule has 0 amide bonds. The molecule has 4 aliphatic rings. The van der Waals surface area contributed by atoms with Crippen molar-refractivity contribution in [2.24, 2.45) is 11.8 Å². The number of para-hydroxylation sites is 1. The smallest absolute Gasteiger partial charge is 0.174 e. The van der Waals surface area contributed by atoms with E-state index in [2.05, 4.69) is 10.6 Å². The zero-order valence-corrected chi connectivity index (χ0v) is 19.3. The number of hydrogen-bond donors (Lipinski definition) is 2. The second-order valence-electron chi connectivity index (χ2n) is 6.60. The predicted octanol–water partition coefficient (Wildman–Crippen LogP) is 3.86. The molecule has 2 heterocycles. The van der Waals surface area contributed by atoms with Gasteiger partial charge in [0, 0.05) is 55.2 Å². The molecule has 0 saturated carbocycles. The molecule has 0 bridgehead atoms. The van der Waals surface area contributed by atoms with Gasteiger partial charge in [-0.3, -0.25) is 9.59 Å². The van der Waals surface area contributed by atoms with E-state index in [4.69, 9.17) is 0 Å². The Bertz CT molecular complexity index is 898. The number of ketones is 2. The van der Waals surface area contributed by atoms with Crippen LogP contribution < -0.4 is 10.6 Å². The van der Waals surface area contributed by atoms with Crippen LogP contribution >= 0.6 is 0 Å². The zero-order chi connectivity index (χ0) is 18.3. The maximum atomic E-state index is 12.8. The van der Waals surface area contributed by atoms with E-state index >= 15 is 0 Å². The van der Waals surface area contributed by atoms with Crippen molar-refractivity contribution in [2.75, 3.05) is 5.32 Å². The molecule has 1 aromatic rings. The molecule has 2 aliphatic carbocycles. The van der Waals surface area contributed by atoms with E-state index < -0.39 is 0 Å². The molecule has 4 atom stereocenters. The van der Waals surface area contributed by atoms with Gasteiger partial charge in [0.1, 0.15) is 0 Å². The van der Waals surface area contributed by atoms with Crippen LogP contribution in [0.2, 0.25) is 0 Å². The summed E-state index contributed by atoms with van der Waals surface area (Å²) >= 11 is 0. The number of fused-ring (bicyclic) bond motifs is 4. The summed E-state index contributed by atoms with van der Waals surface area (Å²) in [5.41, 5.74) is 3.04. The van der Waals surface area contributed by atoms with Gasteiger partial charge in [-0.1, -0.05) is 50.3 Å². The second-order valence-corrected chi connectivity index (χ2v) is 6.60. The van der Waals surface area contributed by atoms with Crippen LogP contribution in [-0.4, -0.2) is 23.7 Å². The Morgan fingerprint density at radius 2 is 1.54 bits per heavy atom. The number of rotatable bonds is 0. The van der Waals surface area contributed by atoms with Crippen LogP contribution in [0.5, 0.6) is 0 Å². The van der Waals surface area contributed by atoms with Gasteiger partial charge in [-0.15, -0.1) is 0 Å². The third kappa shape index (κ3) is 3.60. The normalized spacial score (nSPS) is 27.9. The minimum atomic E-state index is -0.279. The summed E-state index contributed by atoms with van der Waals surface area (Å²) < 4.78 is 0. The van der Waals surface area contributed by atoms with E-state index in [1.165, 1.54) is 0 Å². The van der Waals surface area contributed by atoms with Gasteiger partial charge in [0.25, 0.3) is 0 Å². The molecule has 2 aliphatic heterocycles. The second kappa shape index (κ2) is 9.15. The van der Waals surface area contributed by atoms with Crippen LogP contribution in [0.15, 0.2) is 72.0 Å². The number of piperidine rings is 1. The largest absolute Gasteiger partial charge is 0.377 e. The molecule has 1 radical (unpaired) electrons. The molecule has 1 saturated heterocycles. The molecule has 0 spiro atoms. The average Bonchev–Trinajstić information content (AvgIpc) is 2.69. The van der Waals surface area contributed by atoms with Crippen LogP contribution in [0.4, 0.5) is 5.69 Å². The van der Waals surface area contributed by atoms with Crippen molar-refractivity contribution in [3.63, 3.8) is 0 Å². The number of allylic oxidation sites excluding steroid dienone is 3. The first-order chi connectivity index (χ1) is 12.7. The summed E-state index contributed by atoms with van der Waals surface area (Å²) in [7, 11) is 0. The van der Waals surface area contributed by atoms with E-state index in [0.717, 1.165) is 11.4 Å². The molecule has 5 rings (SSSR count). The molecule has 28 heavy (non-hydrogen) atoms. The number of benzene rings is 1. The third-order valence-electron chi connectivity index (χ3n) is 5.21. The van der Waals surface area contributed by atoms with Gasteiger partial charge in [-0.05, 0) is 24.3 Å². The van der Waals surface area contributed by atoms with Crippen molar-refractivity contribution < 1.29 is 42.3 Å². The first-order valence-electron chi connectivity index (χ1n) is 9.22. The molecular formula is C23H25N2O2Y-. The fourth-order valence-corrected chi connectivity index (χ4v) is 3.99. The van der Waals surface area contributed by atoms with Crippen LogP contribution in [0.25, 0.3) is 0 Å². The summed E-state index contributed by atoms with van der Waals surface area (Å²) in [5, 5.41) is 6.82. The van der Waals surface area contributed by atoms with Gasteiger partial charge < -0.3 is 18.1 Å². The van der Waals surface area contributed by atoms with E-state index in [-0.39, 0.29) is 75.6 Å². The van der Waals surface area contributed by atoms with E-state index in [9.17, 15) is 9.59 Å². The molecular weight excluding hydrogens is 425 g/mol. The summed E-state index contributed by atoms with van der Waals surface area (Å²) in [4.78, 5) is 25.7. The minimum Gasteiger partial charge on any atom is -0.377 e. The topological polar surface area (TPSA) is 58.2 Å². The van der Waals surface area contributed by atoms with Crippen LogP contribution in [0.3, 0.4) is 0 Å². The van der Waals surface area contributed by atoms with Crippen LogP contribution in [0.1, 0.15) is 24.2 Å². The van der Waals surface area contributed by atoms with Gasteiger partial charge in [-0.2, -0.15) is 0 Å². The first-order valence-corrected chi connectivity index (χ1v) is 9.22. The summed E-state index contributed by atoms with van der Waals surface area (Å²) in [6.07, 6.45) is 11.7. The van der Waals surface area contributed by atoms with Gasteiger partial charge in [0.2, 0.25) is 0 Å². The van der Waals surface area contributed by atoms with Crippen molar-refractivity contribution in [2.45, 2.75) is 25.9 Å².